The SMILES string of the molecule is CC(C)NC(=O)c1cccc2cccc(Br)c12. The molecule has 0 saturated heterocycles. The van der Waals surface area contributed by atoms with Crippen LogP contribution in [0.15, 0.2) is 40.9 Å². The summed E-state index contributed by atoms with van der Waals surface area (Å²) in [4.78, 5) is 12.1. The van der Waals surface area contributed by atoms with Crippen LogP contribution in [0.1, 0.15) is 24.2 Å². The predicted molar refractivity (Wildman–Crippen MR) is 74.3 cm³/mol. The quantitative estimate of drug-likeness (QED) is 0.897. The smallest absolute Gasteiger partial charge is 0.252 e. The summed E-state index contributed by atoms with van der Waals surface area (Å²) in [5.74, 6) is -0.0301. The van der Waals surface area contributed by atoms with Crippen LogP contribution in [0.25, 0.3) is 10.8 Å². The molecule has 2 nitrogen and oxygen atoms in total. The van der Waals surface area contributed by atoms with E-state index in [2.05, 4.69) is 21.2 Å². The largest absolute Gasteiger partial charge is 0.350 e. The van der Waals surface area contributed by atoms with E-state index in [1.165, 1.54) is 0 Å². The van der Waals surface area contributed by atoms with Crippen molar-refractivity contribution in [1.82, 2.24) is 5.32 Å². The molecule has 88 valence electrons. The number of hydrogen-bond acceptors (Lipinski definition) is 1. The monoisotopic (exact) mass is 291 g/mol. The van der Waals surface area contributed by atoms with Crippen molar-refractivity contribution in [3.63, 3.8) is 0 Å². The number of fused-ring (bicyclic) bond motifs is 1. The fourth-order valence-corrected chi connectivity index (χ4v) is 2.42. The number of halogens is 1. The summed E-state index contributed by atoms with van der Waals surface area (Å²) in [5.41, 5.74) is 0.712. The van der Waals surface area contributed by atoms with Crippen LogP contribution in [0.2, 0.25) is 0 Å². The summed E-state index contributed by atoms with van der Waals surface area (Å²) < 4.78 is 0.949. The first-order valence-corrected chi connectivity index (χ1v) is 6.37. The van der Waals surface area contributed by atoms with Gasteiger partial charge in [0.15, 0.2) is 0 Å². The number of carbonyl (C=O) groups is 1. The third-order valence-corrected chi connectivity index (χ3v) is 3.18. The summed E-state index contributed by atoms with van der Waals surface area (Å²) in [5, 5.41) is 4.95. The normalized spacial score (nSPS) is 10.8. The van der Waals surface area contributed by atoms with Gasteiger partial charge in [0.2, 0.25) is 0 Å². The molecule has 0 unspecified atom stereocenters. The van der Waals surface area contributed by atoms with Gasteiger partial charge < -0.3 is 5.32 Å². The fraction of sp³-hybridized carbons (Fsp3) is 0.214. The molecule has 1 N–H and O–H groups in total. The Bertz CT molecular complexity index is 558. The molecule has 17 heavy (non-hydrogen) atoms. The molecule has 1 amide bonds. The van der Waals surface area contributed by atoms with Crippen molar-refractivity contribution in [1.29, 1.82) is 0 Å². The lowest BCUT2D eigenvalue weighted by atomic mass is 10.0. The van der Waals surface area contributed by atoms with Gasteiger partial charge in [0.05, 0.1) is 0 Å². The molecule has 0 bridgehead atoms. The zero-order valence-corrected chi connectivity index (χ0v) is 11.4. The van der Waals surface area contributed by atoms with Crippen LogP contribution in [0.4, 0.5) is 0 Å². The van der Waals surface area contributed by atoms with E-state index in [9.17, 15) is 4.79 Å². The standard InChI is InChI=1S/C14H14BrNO/c1-9(2)16-14(17)11-7-3-5-10-6-4-8-12(15)13(10)11/h3-9H,1-2H3,(H,16,17). The van der Waals surface area contributed by atoms with Gasteiger partial charge in [-0.3, -0.25) is 4.79 Å². The Labute approximate surface area is 109 Å². The van der Waals surface area contributed by atoms with Crippen molar-refractivity contribution in [2.45, 2.75) is 19.9 Å². The molecule has 3 heteroatoms. The molecule has 2 rings (SSSR count). The molecule has 0 fully saturated rings. The van der Waals surface area contributed by atoms with Crippen molar-refractivity contribution < 1.29 is 4.79 Å². The van der Waals surface area contributed by atoms with E-state index in [0.29, 0.717) is 5.56 Å². The maximum absolute atomic E-state index is 12.1. The number of benzene rings is 2. The zero-order valence-electron chi connectivity index (χ0n) is 9.83. The van der Waals surface area contributed by atoms with Crippen LogP contribution in [0.3, 0.4) is 0 Å². The van der Waals surface area contributed by atoms with Gasteiger partial charge >= 0.3 is 0 Å². The molecule has 0 atom stereocenters. The van der Waals surface area contributed by atoms with Crippen molar-refractivity contribution in [3.8, 4) is 0 Å². The number of amides is 1. The average molecular weight is 292 g/mol. The minimum absolute atomic E-state index is 0.0301. The Kier molecular flexibility index (Phi) is 3.48. The topological polar surface area (TPSA) is 29.1 Å². The van der Waals surface area contributed by atoms with Crippen molar-refractivity contribution in [3.05, 3.63) is 46.4 Å². The first-order chi connectivity index (χ1) is 8.09. The van der Waals surface area contributed by atoms with Crippen molar-refractivity contribution in [2.24, 2.45) is 0 Å². The van der Waals surface area contributed by atoms with Crippen LogP contribution < -0.4 is 5.32 Å². The third-order valence-electron chi connectivity index (χ3n) is 2.52. The molecule has 0 saturated carbocycles. The van der Waals surface area contributed by atoms with E-state index in [-0.39, 0.29) is 11.9 Å². The Morgan fingerprint density at radius 2 is 1.82 bits per heavy atom. The summed E-state index contributed by atoms with van der Waals surface area (Å²) in [7, 11) is 0. The number of nitrogens with one attached hydrogen (secondary N) is 1. The molecule has 0 aliphatic rings. The average Bonchev–Trinajstić information content (AvgIpc) is 2.28. The van der Waals surface area contributed by atoms with Gasteiger partial charge in [-0.25, -0.2) is 0 Å². The van der Waals surface area contributed by atoms with Crippen LogP contribution in [0.5, 0.6) is 0 Å². The molecular weight excluding hydrogens is 278 g/mol. The minimum Gasteiger partial charge on any atom is -0.350 e. The predicted octanol–water partition coefficient (Wildman–Crippen LogP) is 3.74. The van der Waals surface area contributed by atoms with E-state index in [1.807, 2.05) is 50.2 Å². The van der Waals surface area contributed by atoms with Gasteiger partial charge in [-0.05, 0) is 31.4 Å². The zero-order chi connectivity index (χ0) is 12.4. The Morgan fingerprint density at radius 3 is 2.47 bits per heavy atom. The van der Waals surface area contributed by atoms with Crippen LogP contribution in [-0.2, 0) is 0 Å². The van der Waals surface area contributed by atoms with Gasteiger partial charge in [-0.2, -0.15) is 0 Å². The highest BCUT2D eigenvalue weighted by Gasteiger charge is 2.12. The van der Waals surface area contributed by atoms with E-state index in [1.54, 1.807) is 0 Å². The number of carbonyl (C=O) groups excluding carboxylic acids is 1. The lowest BCUT2D eigenvalue weighted by Crippen LogP contribution is -2.30. The van der Waals surface area contributed by atoms with Crippen molar-refractivity contribution >= 4 is 32.6 Å². The molecule has 0 radical (unpaired) electrons. The molecule has 0 spiro atoms. The second-order valence-electron chi connectivity index (χ2n) is 4.27. The Balaban J connectivity index is 2.58. The van der Waals surface area contributed by atoms with Gasteiger partial charge in [0.25, 0.3) is 5.91 Å². The maximum Gasteiger partial charge on any atom is 0.252 e. The van der Waals surface area contributed by atoms with E-state index in [0.717, 1.165) is 15.2 Å². The third kappa shape index (κ3) is 2.50. The summed E-state index contributed by atoms with van der Waals surface area (Å²) in [6.07, 6.45) is 0. The second kappa shape index (κ2) is 4.88. The van der Waals surface area contributed by atoms with Crippen molar-refractivity contribution in [2.75, 3.05) is 0 Å². The van der Waals surface area contributed by atoms with Crippen LogP contribution in [-0.4, -0.2) is 11.9 Å². The minimum atomic E-state index is -0.0301. The van der Waals surface area contributed by atoms with E-state index < -0.39 is 0 Å². The molecule has 2 aromatic carbocycles. The highest BCUT2D eigenvalue weighted by atomic mass is 79.9. The molecule has 0 aliphatic heterocycles. The van der Waals surface area contributed by atoms with E-state index in [4.69, 9.17) is 0 Å². The van der Waals surface area contributed by atoms with E-state index >= 15 is 0 Å². The maximum atomic E-state index is 12.1. The molecule has 0 aliphatic carbocycles. The number of rotatable bonds is 2. The van der Waals surface area contributed by atoms with Gasteiger partial charge in [-0.15, -0.1) is 0 Å². The summed E-state index contributed by atoms with van der Waals surface area (Å²) in [6.45, 7) is 3.91. The van der Waals surface area contributed by atoms with Gasteiger partial charge in [0.1, 0.15) is 0 Å². The second-order valence-corrected chi connectivity index (χ2v) is 5.13. The van der Waals surface area contributed by atoms with Gasteiger partial charge in [-0.1, -0.05) is 40.2 Å². The fourth-order valence-electron chi connectivity index (χ4n) is 1.82. The van der Waals surface area contributed by atoms with Crippen LogP contribution in [0, 0.1) is 0 Å². The van der Waals surface area contributed by atoms with Gasteiger partial charge in [0, 0.05) is 21.5 Å². The summed E-state index contributed by atoms with van der Waals surface area (Å²) >= 11 is 3.50. The summed E-state index contributed by atoms with van der Waals surface area (Å²) in [6, 6.07) is 11.8. The first-order valence-electron chi connectivity index (χ1n) is 5.57. The molecular formula is C14H14BrNO. The Hall–Kier alpha value is -1.35. The molecule has 0 aromatic heterocycles. The number of hydrogen-bond donors (Lipinski definition) is 1. The molecule has 0 heterocycles. The lowest BCUT2D eigenvalue weighted by Gasteiger charge is -2.11. The highest BCUT2D eigenvalue weighted by Crippen LogP contribution is 2.27. The van der Waals surface area contributed by atoms with Crippen LogP contribution >= 0.6 is 15.9 Å². The first kappa shape index (κ1) is 12.1. The lowest BCUT2D eigenvalue weighted by molar-refractivity contribution is 0.0945. The highest BCUT2D eigenvalue weighted by molar-refractivity contribution is 9.10. The molecule has 2 aromatic rings. The Morgan fingerprint density at radius 1 is 1.18 bits per heavy atom.